The SMILES string of the molecule is Cn1c(=O)ccc2ccc(F)c(CCNCC3CN(c4cnc5c(n4)NC(=O)CO5)C(=O)O3)c21. The number of amides is 2. The Morgan fingerprint density at radius 2 is 2.06 bits per heavy atom. The molecule has 2 N–H and O–H groups in total. The van der Waals surface area contributed by atoms with Gasteiger partial charge >= 0.3 is 6.09 Å². The Morgan fingerprint density at radius 1 is 1.24 bits per heavy atom. The summed E-state index contributed by atoms with van der Waals surface area (Å²) in [6.45, 7) is 0.839. The number of aryl methyl sites for hydroxylation is 1. The quantitative estimate of drug-likeness (QED) is 0.512. The minimum atomic E-state index is -0.584. The minimum absolute atomic E-state index is 0.139. The first-order valence-electron chi connectivity index (χ1n) is 10.7. The predicted molar refractivity (Wildman–Crippen MR) is 119 cm³/mol. The molecule has 0 aliphatic carbocycles. The summed E-state index contributed by atoms with van der Waals surface area (Å²) in [5, 5.41) is 6.51. The summed E-state index contributed by atoms with van der Waals surface area (Å²) in [5.74, 6) is -0.165. The highest BCUT2D eigenvalue weighted by atomic mass is 19.1. The maximum absolute atomic E-state index is 14.5. The van der Waals surface area contributed by atoms with E-state index in [1.807, 2.05) is 0 Å². The summed E-state index contributed by atoms with van der Waals surface area (Å²) < 4.78 is 26.5. The highest BCUT2D eigenvalue weighted by Gasteiger charge is 2.34. The molecule has 4 heterocycles. The third kappa shape index (κ3) is 4.03. The molecule has 0 radical (unpaired) electrons. The Labute approximate surface area is 192 Å². The monoisotopic (exact) mass is 468 g/mol. The minimum Gasteiger partial charge on any atom is -0.465 e. The average Bonchev–Trinajstić information content (AvgIpc) is 3.20. The summed E-state index contributed by atoms with van der Waals surface area (Å²) in [6.07, 6.45) is 0.680. The van der Waals surface area contributed by atoms with E-state index in [2.05, 4.69) is 20.6 Å². The molecule has 12 heteroatoms. The van der Waals surface area contributed by atoms with Crippen molar-refractivity contribution in [3.05, 3.63) is 52.2 Å². The number of fused-ring (bicyclic) bond motifs is 2. The summed E-state index contributed by atoms with van der Waals surface area (Å²) in [6, 6.07) is 6.18. The Hall–Kier alpha value is -4.06. The summed E-state index contributed by atoms with van der Waals surface area (Å²) in [4.78, 5) is 45.5. The fraction of sp³-hybridized carbons (Fsp3) is 0.318. The van der Waals surface area contributed by atoms with Gasteiger partial charge in [-0.1, -0.05) is 0 Å². The van der Waals surface area contributed by atoms with Gasteiger partial charge in [-0.25, -0.2) is 19.2 Å². The van der Waals surface area contributed by atoms with Crippen LogP contribution in [0.25, 0.3) is 10.9 Å². The number of nitrogens with zero attached hydrogens (tertiary/aromatic N) is 4. The van der Waals surface area contributed by atoms with Crippen molar-refractivity contribution in [3.63, 3.8) is 0 Å². The van der Waals surface area contributed by atoms with Crippen LogP contribution in [-0.4, -0.2) is 58.9 Å². The van der Waals surface area contributed by atoms with Crippen molar-refractivity contribution >= 4 is 34.5 Å². The van der Waals surface area contributed by atoms with Crippen molar-refractivity contribution in [2.24, 2.45) is 7.05 Å². The van der Waals surface area contributed by atoms with E-state index in [9.17, 15) is 18.8 Å². The van der Waals surface area contributed by atoms with Crippen LogP contribution >= 0.6 is 0 Å². The lowest BCUT2D eigenvalue weighted by atomic mass is 10.1. The van der Waals surface area contributed by atoms with Crippen LogP contribution in [0.3, 0.4) is 0 Å². The number of hydrogen-bond donors (Lipinski definition) is 2. The van der Waals surface area contributed by atoms with Crippen LogP contribution in [0.1, 0.15) is 5.56 Å². The van der Waals surface area contributed by atoms with Gasteiger partial charge in [0, 0.05) is 25.2 Å². The van der Waals surface area contributed by atoms with Crippen LogP contribution in [0.5, 0.6) is 5.88 Å². The second-order valence-corrected chi connectivity index (χ2v) is 7.98. The molecule has 0 bridgehead atoms. The number of pyridine rings is 1. The standard InChI is InChI=1S/C22H21FN6O5/c1-28-18(31)5-3-12-2-4-15(23)14(19(12)28)6-7-24-8-13-10-29(22(32)34-13)16-9-25-21-20(26-16)27-17(30)11-33-21/h2-5,9,13,24H,6-8,10-11H2,1H3,(H,26,27,30). The van der Waals surface area contributed by atoms with E-state index in [1.165, 1.54) is 27.8 Å². The van der Waals surface area contributed by atoms with E-state index in [0.717, 1.165) is 5.39 Å². The molecule has 1 fully saturated rings. The Balaban J connectivity index is 1.21. The summed E-state index contributed by atoms with van der Waals surface area (Å²) in [5.41, 5.74) is 0.806. The first-order chi connectivity index (χ1) is 16.4. The van der Waals surface area contributed by atoms with Crippen LogP contribution < -0.4 is 25.8 Å². The molecule has 1 saturated heterocycles. The van der Waals surface area contributed by atoms with Gasteiger partial charge in [-0.05, 0) is 36.6 Å². The molecule has 2 aliphatic rings. The van der Waals surface area contributed by atoms with Crippen LogP contribution in [-0.2, 0) is 23.0 Å². The van der Waals surface area contributed by atoms with E-state index >= 15 is 0 Å². The topological polar surface area (TPSA) is 128 Å². The average molecular weight is 468 g/mol. The number of anilines is 2. The molecule has 0 saturated carbocycles. The fourth-order valence-electron chi connectivity index (χ4n) is 4.06. The number of carbonyl (C=O) groups excluding carboxylic acids is 2. The van der Waals surface area contributed by atoms with Crippen molar-refractivity contribution in [1.29, 1.82) is 0 Å². The molecule has 1 atom stereocenters. The molecule has 1 aromatic carbocycles. The zero-order chi connectivity index (χ0) is 23.8. The molecule has 34 heavy (non-hydrogen) atoms. The number of cyclic esters (lactones) is 1. The Morgan fingerprint density at radius 3 is 2.91 bits per heavy atom. The van der Waals surface area contributed by atoms with Gasteiger partial charge in [0.05, 0.1) is 18.3 Å². The first kappa shape index (κ1) is 21.8. The van der Waals surface area contributed by atoms with Crippen LogP contribution in [0.15, 0.2) is 35.3 Å². The molecule has 5 rings (SSSR count). The molecule has 2 aromatic heterocycles. The lowest BCUT2D eigenvalue weighted by molar-refractivity contribution is -0.118. The number of ether oxygens (including phenoxy) is 2. The van der Waals surface area contributed by atoms with Gasteiger partial charge in [0.1, 0.15) is 11.9 Å². The van der Waals surface area contributed by atoms with E-state index in [1.54, 1.807) is 19.2 Å². The second-order valence-electron chi connectivity index (χ2n) is 7.98. The van der Waals surface area contributed by atoms with Gasteiger partial charge in [-0.3, -0.25) is 14.5 Å². The zero-order valence-electron chi connectivity index (χ0n) is 18.2. The van der Waals surface area contributed by atoms with Crippen molar-refractivity contribution in [3.8, 4) is 5.88 Å². The third-order valence-corrected chi connectivity index (χ3v) is 5.73. The van der Waals surface area contributed by atoms with E-state index < -0.39 is 12.2 Å². The smallest absolute Gasteiger partial charge is 0.416 e. The highest BCUT2D eigenvalue weighted by Crippen LogP contribution is 2.27. The molecule has 2 amide bonds. The zero-order valence-corrected chi connectivity index (χ0v) is 18.2. The van der Waals surface area contributed by atoms with E-state index in [-0.39, 0.29) is 48.0 Å². The van der Waals surface area contributed by atoms with Crippen molar-refractivity contribution in [1.82, 2.24) is 19.9 Å². The maximum atomic E-state index is 14.5. The summed E-state index contributed by atoms with van der Waals surface area (Å²) in [7, 11) is 1.62. The number of nitrogens with one attached hydrogen (secondary N) is 2. The van der Waals surface area contributed by atoms with Crippen molar-refractivity contribution in [2.75, 3.05) is 36.5 Å². The van der Waals surface area contributed by atoms with Crippen molar-refractivity contribution < 1.29 is 23.5 Å². The van der Waals surface area contributed by atoms with E-state index in [0.29, 0.717) is 30.6 Å². The van der Waals surface area contributed by atoms with Crippen LogP contribution in [0.4, 0.5) is 20.8 Å². The van der Waals surface area contributed by atoms with Gasteiger partial charge in [0.25, 0.3) is 17.3 Å². The fourth-order valence-corrected chi connectivity index (χ4v) is 4.06. The molecule has 11 nitrogen and oxygen atoms in total. The number of benzene rings is 1. The van der Waals surface area contributed by atoms with Gasteiger partial charge in [0.15, 0.2) is 18.2 Å². The highest BCUT2D eigenvalue weighted by molar-refractivity contribution is 5.94. The number of carbonyl (C=O) groups is 2. The van der Waals surface area contributed by atoms with Gasteiger partial charge < -0.3 is 24.7 Å². The molecule has 1 unspecified atom stereocenters. The normalized spacial score (nSPS) is 17.4. The number of hydrogen-bond acceptors (Lipinski definition) is 8. The Bertz CT molecular complexity index is 1360. The predicted octanol–water partition coefficient (Wildman–Crippen LogP) is 0.956. The van der Waals surface area contributed by atoms with Crippen LogP contribution in [0.2, 0.25) is 0 Å². The molecular weight excluding hydrogens is 447 g/mol. The van der Waals surface area contributed by atoms with Crippen LogP contribution in [0, 0.1) is 5.82 Å². The number of rotatable bonds is 6. The molecule has 176 valence electrons. The second kappa shape index (κ2) is 8.71. The first-order valence-corrected chi connectivity index (χ1v) is 10.7. The molecular formula is C22H21FN6O5. The Kier molecular flexibility index (Phi) is 5.57. The molecule has 0 spiro atoms. The van der Waals surface area contributed by atoms with Gasteiger partial charge in [-0.15, -0.1) is 0 Å². The molecule has 3 aromatic rings. The van der Waals surface area contributed by atoms with E-state index in [4.69, 9.17) is 9.47 Å². The lowest BCUT2D eigenvalue weighted by Gasteiger charge is -2.18. The van der Waals surface area contributed by atoms with Gasteiger partial charge in [-0.2, -0.15) is 0 Å². The number of aromatic nitrogens is 3. The maximum Gasteiger partial charge on any atom is 0.416 e. The summed E-state index contributed by atoms with van der Waals surface area (Å²) >= 11 is 0. The third-order valence-electron chi connectivity index (χ3n) is 5.73. The number of halogens is 1. The van der Waals surface area contributed by atoms with Crippen molar-refractivity contribution in [2.45, 2.75) is 12.5 Å². The largest absolute Gasteiger partial charge is 0.465 e. The molecule has 2 aliphatic heterocycles. The van der Waals surface area contributed by atoms with Gasteiger partial charge in [0.2, 0.25) is 0 Å². The lowest BCUT2D eigenvalue weighted by Crippen LogP contribution is -2.33.